The van der Waals surface area contributed by atoms with Crippen molar-refractivity contribution in [1.29, 1.82) is 0 Å². The van der Waals surface area contributed by atoms with Crippen molar-refractivity contribution in [3.63, 3.8) is 0 Å². The van der Waals surface area contributed by atoms with Crippen LogP contribution < -0.4 is 10.2 Å². The summed E-state index contributed by atoms with van der Waals surface area (Å²) in [6.45, 7) is 2.17. The maximum Gasteiger partial charge on any atom is 0.248 e. The molecule has 1 saturated heterocycles. The van der Waals surface area contributed by atoms with E-state index in [4.69, 9.17) is 0 Å². The number of carbonyl (C=O) groups is 1. The maximum absolute atomic E-state index is 12.3. The highest BCUT2D eigenvalue weighted by atomic mass is 16.1. The molecule has 5 heteroatoms. The topological polar surface area (TPSA) is 50.2 Å². The summed E-state index contributed by atoms with van der Waals surface area (Å²) >= 11 is 0. The summed E-state index contributed by atoms with van der Waals surface area (Å²) in [6.07, 6.45) is 9.41. The van der Waals surface area contributed by atoms with E-state index in [0.29, 0.717) is 0 Å². The lowest BCUT2D eigenvalue weighted by molar-refractivity contribution is -0.111. The first-order valence-corrected chi connectivity index (χ1v) is 9.22. The third-order valence-corrected chi connectivity index (χ3v) is 4.64. The highest BCUT2D eigenvalue weighted by Crippen LogP contribution is 2.23. The Labute approximate surface area is 158 Å². The Bertz CT molecular complexity index is 940. The second-order valence-corrected chi connectivity index (χ2v) is 6.62. The monoisotopic (exact) mass is 358 g/mol. The fraction of sp³-hybridized carbons (Fsp3) is 0.182. The summed E-state index contributed by atoms with van der Waals surface area (Å²) in [6, 6.07) is 17.9. The number of hydrogen-bond donors (Lipinski definition) is 1. The van der Waals surface area contributed by atoms with E-state index in [1.807, 2.05) is 54.7 Å². The molecule has 2 heterocycles. The van der Waals surface area contributed by atoms with Crippen LogP contribution in [-0.4, -0.2) is 28.8 Å². The van der Waals surface area contributed by atoms with Gasteiger partial charge in [0.15, 0.2) is 0 Å². The Hall–Kier alpha value is -3.34. The van der Waals surface area contributed by atoms with Crippen molar-refractivity contribution in [3.05, 3.63) is 78.6 Å². The van der Waals surface area contributed by atoms with E-state index in [-0.39, 0.29) is 5.91 Å². The molecular formula is C22H22N4O. The number of hydrogen-bond acceptors (Lipinski definition) is 3. The average Bonchev–Trinajstić information content (AvgIpc) is 3.40. The fourth-order valence-electron chi connectivity index (χ4n) is 3.26. The van der Waals surface area contributed by atoms with Crippen molar-refractivity contribution in [2.24, 2.45) is 0 Å². The van der Waals surface area contributed by atoms with Crippen LogP contribution in [0.25, 0.3) is 11.8 Å². The SMILES string of the molecule is O=C(/C=C/c1cnn(-c2ccccc2)c1)Nc1cccc(N2CCCC2)c1. The zero-order valence-corrected chi connectivity index (χ0v) is 15.1. The van der Waals surface area contributed by atoms with Gasteiger partial charge in [0.2, 0.25) is 5.91 Å². The van der Waals surface area contributed by atoms with Gasteiger partial charge in [-0.3, -0.25) is 4.79 Å². The van der Waals surface area contributed by atoms with E-state index < -0.39 is 0 Å². The predicted octanol–water partition coefficient (Wildman–Crippen LogP) is 4.12. The van der Waals surface area contributed by atoms with E-state index >= 15 is 0 Å². The van der Waals surface area contributed by atoms with Crippen molar-refractivity contribution in [3.8, 4) is 5.69 Å². The van der Waals surface area contributed by atoms with Crippen LogP contribution in [0.1, 0.15) is 18.4 Å². The molecule has 1 N–H and O–H groups in total. The van der Waals surface area contributed by atoms with E-state index in [1.54, 1.807) is 17.0 Å². The molecule has 0 aliphatic carbocycles. The molecule has 1 aliphatic heterocycles. The van der Waals surface area contributed by atoms with Crippen molar-refractivity contribution in [2.45, 2.75) is 12.8 Å². The van der Waals surface area contributed by atoms with E-state index in [1.165, 1.54) is 24.6 Å². The van der Waals surface area contributed by atoms with Crippen LogP contribution in [0.4, 0.5) is 11.4 Å². The van der Waals surface area contributed by atoms with E-state index in [0.717, 1.165) is 30.0 Å². The Morgan fingerprint density at radius 3 is 2.59 bits per heavy atom. The standard InChI is InChI=1S/C22H22N4O/c27-22(24-19-7-6-10-21(15-19)25-13-4-5-14-25)12-11-18-16-23-26(17-18)20-8-2-1-3-9-20/h1-3,6-12,15-17H,4-5,13-14H2,(H,24,27)/b12-11+. The number of amides is 1. The molecule has 0 radical (unpaired) electrons. The molecule has 1 aromatic heterocycles. The van der Waals surface area contributed by atoms with Gasteiger partial charge in [-0.2, -0.15) is 5.10 Å². The first-order chi connectivity index (χ1) is 13.3. The summed E-state index contributed by atoms with van der Waals surface area (Å²) in [4.78, 5) is 14.6. The van der Waals surface area contributed by atoms with Crippen molar-refractivity contribution < 1.29 is 4.79 Å². The Morgan fingerprint density at radius 2 is 1.78 bits per heavy atom. The van der Waals surface area contributed by atoms with Crippen molar-refractivity contribution in [1.82, 2.24) is 9.78 Å². The number of aromatic nitrogens is 2. The summed E-state index contributed by atoms with van der Waals surface area (Å²) in [5.74, 6) is -0.152. The minimum Gasteiger partial charge on any atom is -0.371 e. The second kappa shape index (κ2) is 7.91. The summed E-state index contributed by atoms with van der Waals surface area (Å²) in [7, 11) is 0. The Balaban J connectivity index is 1.39. The number of benzene rings is 2. The summed E-state index contributed by atoms with van der Waals surface area (Å²) in [5.41, 5.74) is 3.84. The number of carbonyl (C=O) groups excluding carboxylic acids is 1. The van der Waals surface area contributed by atoms with Crippen LogP contribution >= 0.6 is 0 Å². The molecule has 0 spiro atoms. The molecule has 0 saturated carbocycles. The number of rotatable bonds is 5. The quantitative estimate of drug-likeness (QED) is 0.698. The van der Waals surface area contributed by atoms with Gasteiger partial charge in [-0.05, 0) is 49.2 Å². The fourth-order valence-corrected chi connectivity index (χ4v) is 3.26. The van der Waals surface area contributed by atoms with Gasteiger partial charge in [0.1, 0.15) is 0 Å². The van der Waals surface area contributed by atoms with E-state index in [9.17, 15) is 4.79 Å². The lowest BCUT2D eigenvalue weighted by atomic mass is 10.2. The second-order valence-electron chi connectivity index (χ2n) is 6.62. The van der Waals surface area contributed by atoms with Gasteiger partial charge in [0.25, 0.3) is 0 Å². The van der Waals surface area contributed by atoms with Crippen LogP contribution in [0.3, 0.4) is 0 Å². The first-order valence-electron chi connectivity index (χ1n) is 9.22. The molecular weight excluding hydrogens is 336 g/mol. The molecule has 5 nitrogen and oxygen atoms in total. The van der Waals surface area contributed by atoms with Gasteiger partial charge in [-0.1, -0.05) is 24.3 Å². The van der Waals surface area contributed by atoms with Gasteiger partial charge in [0.05, 0.1) is 11.9 Å². The number of nitrogens with one attached hydrogen (secondary N) is 1. The first kappa shape index (κ1) is 17.1. The highest BCUT2D eigenvalue weighted by molar-refractivity contribution is 6.02. The van der Waals surface area contributed by atoms with Gasteiger partial charge >= 0.3 is 0 Å². The van der Waals surface area contributed by atoms with Crippen LogP contribution in [0.15, 0.2) is 73.1 Å². The molecule has 1 amide bonds. The van der Waals surface area contributed by atoms with Crippen LogP contribution in [-0.2, 0) is 4.79 Å². The minimum atomic E-state index is -0.152. The average molecular weight is 358 g/mol. The number of para-hydroxylation sites is 1. The molecule has 27 heavy (non-hydrogen) atoms. The largest absolute Gasteiger partial charge is 0.371 e. The third-order valence-electron chi connectivity index (χ3n) is 4.64. The van der Waals surface area contributed by atoms with Crippen molar-refractivity contribution in [2.75, 3.05) is 23.3 Å². The molecule has 0 bridgehead atoms. The molecule has 1 aliphatic rings. The molecule has 0 atom stereocenters. The van der Waals surface area contributed by atoms with Gasteiger partial charge < -0.3 is 10.2 Å². The lowest BCUT2D eigenvalue weighted by Crippen LogP contribution is -2.17. The maximum atomic E-state index is 12.3. The zero-order chi connectivity index (χ0) is 18.5. The lowest BCUT2D eigenvalue weighted by Gasteiger charge is -2.18. The molecule has 0 unspecified atom stereocenters. The molecule has 4 rings (SSSR count). The normalized spacial score (nSPS) is 14.0. The zero-order valence-electron chi connectivity index (χ0n) is 15.1. The molecule has 1 fully saturated rings. The van der Waals surface area contributed by atoms with Crippen LogP contribution in [0.2, 0.25) is 0 Å². The van der Waals surface area contributed by atoms with Gasteiger partial charge in [-0.25, -0.2) is 4.68 Å². The number of nitrogens with zero attached hydrogens (tertiary/aromatic N) is 3. The van der Waals surface area contributed by atoms with Gasteiger partial charge in [-0.15, -0.1) is 0 Å². The van der Waals surface area contributed by atoms with E-state index in [2.05, 4.69) is 21.4 Å². The highest BCUT2D eigenvalue weighted by Gasteiger charge is 2.12. The Morgan fingerprint density at radius 1 is 1.00 bits per heavy atom. The molecule has 136 valence electrons. The summed E-state index contributed by atoms with van der Waals surface area (Å²) in [5, 5.41) is 7.27. The smallest absolute Gasteiger partial charge is 0.248 e. The predicted molar refractivity (Wildman–Crippen MR) is 109 cm³/mol. The Kier molecular flexibility index (Phi) is 5.01. The molecule has 3 aromatic rings. The van der Waals surface area contributed by atoms with Crippen LogP contribution in [0.5, 0.6) is 0 Å². The van der Waals surface area contributed by atoms with Gasteiger partial charge in [0, 0.05) is 42.3 Å². The molecule has 2 aromatic carbocycles. The van der Waals surface area contributed by atoms with Crippen LogP contribution in [0, 0.1) is 0 Å². The third kappa shape index (κ3) is 4.26. The summed E-state index contributed by atoms with van der Waals surface area (Å²) < 4.78 is 1.79. The minimum absolute atomic E-state index is 0.152. The number of anilines is 2. The van der Waals surface area contributed by atoms with Crippen molar-refractivity contribution >= 4 is 23.4 Å².